The van der Waals surface area contributed by atoms with E-state index in [1.54, 1.807) is 0 Å². The summed E-state index contributed by atoms with van der Waals surface area (Å²) < 4.78 is 39.4. The van der Waals surface area contributed by atoms with Crippen molar-refractivity contribution in [2.45, 2.75) is 11.3 Å². The monoisotopic (exact) mass is 294 g/mol. The molecular formula is C11H16ClFN2O2S. The van der Waals surface area contributed by atoms with Crippen LogP contribution in [0.25, 0.3) is 0 Å². The van der Waals surface area contributed by atoms with Gasteiger partial charge in [-0.05, 0) is 45.3 Å². The minimum absolute atomic E-state index is 0.185. The molecule has 0 bridgehead atoms. The van der Waals surface area contributed by atoms with Gasteiger partial charge in [0, 0.05) is 11.6 Å². The van der Waals surface area contributed by atoms with Gasteiger partial charge < -0.3 is 4.90 Å². The van der Waals surface area contributed by atoms with Gasteiger partial charge in [-0.25, -0.2) is 17.5 Å². The third-order valence-corrected chi connectivity index (χ3v) is 3.97. The van der Waals surface area contributed by atoms with E-state index in [0.717, 1.165) is 18.7 Å². The van der Waals surface area contributed by atoms with Gasteiger partial charge in [0.05, 0.1) is 0 Å². The Labute approximate surface area is 112 Å². The maximum Gasteiger partial charge on any atom is 0.243 e. The van der Waals surface area contributed by atoms with Gasteiger partial charge in [-0.2, -0.15) is 0 Å². The summed E-state index contributed by atoms with van der Waals surface area (Å²) in [6, 6.07) is 3.45. The molecule has 0 aliphatic carbocycles. The molecule has 0 atom stereocenters. The van der Waals surface area contributed by atoms with Crippen LogP contribution in [0.5, 0.6) is 0 Å². The molecule has 0 saturated carbocycles. The second-order valence-corrected chi connectivity index (χ2v) is 6.30. The third kappa shape index (κ3) is 4.53. The molecular weight excluding hydrogens is 279 g/mol. The number of halogens is 2. The van der Waals surface area contributed by atoms with Crippen LogP contribution in [0.1, 0.15) is 6.42 Å². The molecule has 0 heterocycles. The van der Waals surface area contributed by atoms with Crippen molar-refractivity contribution in [1.82, 2.24) is 9.62 Å². The Balaban J connectivity index is 2.71. The van der Waals surface area contributed by atoms with Crippen LogP contribution < -0.4 is 4.72 Å². The number of nitrogens with zero attached hydrogens (tertiary/aromatic N) is 1. The average Bonchev–Trinajstić information content (AvgIpc) is 2.27. The van der Waals surface area contributed by atoms with Crippen LogP contribution >= 0.6 is 11.6 Å². The van der Waals surface area contributed by atoms with E-state index in [4.69, 9.17) is 11.6 Å². The molecule has 1 rings (SSSR count). The Morgan fingerprint density at radius 3 is 2.67 bits per heavy atom. The minimum Gasteiger partial charge on any atom is -0.309 e. The zero-order valence-corrected chi connectivity index (χ0v) is 11.9. The van der Waals surface area contributed by atoms with Crippen LogP contribution in [0, 0.1) is 5.82 Å². The number of rotatable bonds is 6. The van der Waals surface area contributed by atoms with E-state index < -0.39 is 20.7 Å². The summed E-state index contributed by atoms with van der Waals surface area (Å²) in [4.78, 5) is 1.52. The number of hydrogen-bond acceptors (Lipinski definition) is 3. The van der Waals surface area contributed by atoms with E-state index in [1.807, 2.05) is 19.0 Å². The zero-order valence-electron chi connectivity index (χ0n) is 10.3. The van der Waals surface area contributed by atoms with Gasteiger partial charge in [0.2, 0.25) is 10.0 Å². The standard InChI is InChI=1S/C11H16ClFN2O2S/c1-15(2)7-3-6-14-18(16,17)11-8-9(12)4-5-10(11)13/h4-5,8,14H,3,6-7H2,1-2H3. The second-order valence-electron chi connectivity index (χ2n) is 4.13. The lowest BCUT2D eigenvalue weighted by Gasteiger charge is -2.11. The first-order valence-corrected chi connectivity index (χ1v) is 7.28. The molecule has 0 unspecified atom stereocenters. The van der Waals surface area contributed by atoms with E-state index in [2.05, 4.69) is 4.72 Å². The molecule has 0 aliphatic heterocycles. The van der Waals surface area contributed by atoms with Gasteiger partial charge in [0.25, 0.3) is 0 Å². The molecule has 0 radical (unpaired) electrons. The first kappa shape index (κ1) is 15.4. The predicted octanol–water partition coefficient (Wildman–Crippen LogP) is 1.71. The second kappa shape index (κ2) is 6.47. The molecule has 0 aromatic heterocycles. The summed E-state index contributed by atoms with van der Waals surface area (Å²) in [6.07, 6.45) is 0.647. The zero-order chi connectivity index (χ0) is 13.8. The van der Waals surface area contributed by atoms with Crippen molar-refractivity contribution in [3.63, 3.8) is 0 Å². The first-order chi connectivity index (χ1) is 8.33. The van der Waals surface area contributed by atoms with E-state index in [0.29, 0.717) is 6.42 Å². The van der Waals surface area contributed by atoms with Crippen LogP contribution in [0.15, 0.2) is 23.1 Å². The number of benzene rings is 1. The fourth-order valence-electron chi connectivity index (χ4n) is 1.36. The Morgan fingerprint density at radius 2 is 2.06 bits per heavy atom. The molecule has 1 N–H and O–H groups in total. The third-order valence-electron chi connectivity index (χ3n) is 2.26. The molecule has 0 amide bonds. The van der Waals surface area contributed by atoms with Crippen molar-refractivity contribution in [3.8, 4) is 0 Å². The summed E-state index contributed by atoms with van der Waals surface area (Å²) in [5.74, 6) is -0.806. The molecule has 1 aromatic carbocycles. The average molecular weight is 295 g/mol. The minimum atomic E-state index is -3.84. The van der Waals surface area contributed by atoms with Crippen molar-refractivity contribution >= 4 is 21.6 Å². The molecule has 0 fully saturated rings. The highest BCUT2D eigenvalue weighted by Gasteiger charge is 2.18. The van der Waals surface area contributed by atoms with E-state index >= 15 is 0 Å². The molecule has 18 heavy (non-hydrogen) atoms. The van der Waals surface area contributed by atoms with Gasteiger partial charge in [0.15, 0.2) is 0 Å². The smallest absolute Gasteiger partial charge is 0.243 e. The van der Waals surface area contributed by atoms with E-state index in [9.17, 15) is 12.8 Å². The fourth-order valence-corrected chi connectivity index (χ4v) is 2.77. The molecule has 1 aromatic rings. The van der Waals surface area contributed by atoms with Gasteiger partial charge in [-0.3, -0.25) is 0 Å². The van der Waals surface area contributed by atoms with Crippen molar-refractivity contribution in [2.24, 2.45) is 0 Å². The number of sulfonamides is 1. The van der Waals surface area contributed by atoms with Gasteiger partial charge >= 0.3 is 0 Å². The van der Waals surface area contributed by atoms with Crippen LogP contribution in [0.3, 0.4) is 0 Å². The SMILES string of the molecule is CN(C)CCCNS(=O)(=O)c1cc(Cl)ccc1F. The number of hydrogen-bond donors (Lipinski definition) is 1. The summed E-state index contributed by atoms with van der Waals surface area (Å²) in [7, 11) is -0.0514. The normalized spacial score (nSPS) is 12.1. The molecule has 7 heteroatoms. The maximum absolute atomic E-state index is 13.4. The molecule has 0 spiro atoms. The molecule has 0 aliphatic rings. The predicted molar refractivity (Wildman–Crippen MR) is 69.8 cm³/mol. The molecule has 0 saturated heterocycles. The Morgan fingerprint density at radius 1 is 1.39 bits per heavy atom. The van der Waals surface area contributed by atoms with Gasteiger partial charge in [0.1, 0.15) is 10.7 Å². The quantitative estimate of drug-likeness (QED) is 0.813. The van der Waals surface area contributed by atoms with Crippen molar-refractivity contribution in [1.29, 1.82) is 0 Å². The highest BCUT2D eigenvalue weighted by Crippen LogP contribution is 2.19. The summed E-state index contributed by atoms with van der Waals surface area (Å²) >= 11 is 5.66. The van der Waals surface area contributed by atoms with E-state index in [1.165, 1.54) is 6.07 Å². The van der Waals surface area contributed by atoms with Crippen LogP contribution in [0.2, 0.25) is 5.02 Å². The highest BCUT2D eigenvalue weighted by atomic mass is 35.5. The Bertz CT molecular complexity index is 506. The number of nitrogens with one attached hydrogen (secondary N) is 1. The van der Waals surface area contributed by atoms with Crippen LogP contribution in [0.4, 0.5) is 4.39 Å². The van der Waals surface area contributed by atoms with Crippen LogP contribution in [-0.4, -0.2) is 40.5 Å². The van der Waals surface area contributed by atoms with E-state index in [-0.39, 0.29) is 11.6 Å². The van der Waals surface area contributed by atoms with Crippen molar-refractivity contribution < 1.29 is 12.8 Å². The van der Waals surface area contributed by atoms with Crippen molar-refractivity contribution in [2.75, 3.05) is 27.2 Å². The lowest BCUT2D eigenvalue weighted by Crippen LogP contribution is -2.28. The van der Waals surface area contributed by atoms with Gasteiger partial charge in [-0.1, -0.05) is 11.6 Å². The van der Waals surface area contributed by atoms with Gasteiger partial charge in [-0.15, -0.1) is 0 Å². The Kier molecular flexibility index (Phi) is 5.52. The summed E-state index contributed by atoms with van der Waals surface area (Å²) in [6.45, 7) is 1.01. The highest BCUT2D eigenvalue weighted by molar-refractivity contribution is 7.89. The van der Waals surface area contributed by atoms with Crippen LogP contribution in [-0.2, 0) is 10.0 Å². The summed E-state index contributed by atoms with van der Waals surface area (Å²) in [5, 5.41) is 0.185. The van der Waals surface area contributed by atoms with Crippen molar-refractivity contribution in [3.05, 3.63) is 29.0 Å². The Hall–Kier alpha value is -0.690. The molecule has 4 nitrogen and oxygen atoms in total. The lowest BCUT2D eigenvalue weighted by molar-refractivity contribution is 0.400. The summed E-state index contributed by atoms with van der Waals surface area (Å²) in [5.41, 5.74) is 0. The largest absolute Gasteiger partial charge is 0.309 e. The first-order valence-electron chi connectivity index (χ1n) is 5.42. The topological polar surface area (TPSA) is 49.4 Å². The molecule has 102 valence electrons. The lowest BCUT2D eigenvalue weighted by atomic mass is 10.3. The fraction of sp³-hybridized carbons (Fsp3) is 0.455. The maximum atomic E-state index is 13.4.